The summed E-state index contributed by atoms with van der Waals surface area (Å²) < 4.78 is 5.51. The number of aromatic nitrogens is 2. The van der Waals surface area contributed by atoms with E-state index in [9.17, 15) is 5.11 Å². The van der Waals surface area contributed by atoms with Crippen LogP contribution in [0.3, 0.4) is 0 Å². The minimum absolute atomic E-state index is 0.230. The van der Waals surface area contributed by atoms with Gasteiger partial charge in [0.05, 0.1) is 19.0 Å². The van der Waals surface area contributed by atoms with Crippen LogP contribution in [0.4, 0.5) is 0 Å². The molecule has 2 rings (SSSR count). The number of benzene rings is 1. The Balaban J connectivity index is 1.96. The number of phenols is 1. The lowest BCUT2D eigenvalue weighted by molar-refractivity contribution is 0.307. The largest absolute Gasteiger partial charge is 0.508 e. The summed E-state index contributed by atoms with van der Waals surface area (Å²) in [5, 5.41) is 12.3. The summed E-state index contributed by atoms with van der Waals surface area (Å²) in [6.07, 6.45) is 4.26. The summed E-state index contributed by atoms with van der Waals surface area (Å²) in [6, 6.07) is 6.78. The molecule has 1 heterocycles. The van der Waals surface area contributed by atoms with Gasteiger partial charge < -0.3 is 15.2 Å². The van der Waals surface area contributed by atoms with Crippen LogP contribution in [0.15, 0.2) is 36.7 Å². The number of hydrogen-bond donors (Lipinski definition) is 2. The third-order valence-corrected chi connectivity index (χ3v) is 2.59. The molecule has 0 aliphatic heterocycles. The van der Waals surface area contributed by atoms with Crippen molar-refractivity contribution in [2.45, 2.75) is 6.42 Å². The lowest BCUT2D eigenvalue weighted by Gasteiger charge is -2.06. The van der Waals surface area contributed by atoms with Gasteiger partial charge in [-0.1, -0.05) is 0 Å². The van der Waals surface area contributed by atoms with E-state index in [0.29, 0.717) is 18.2 Å². The normalized spacial score (nSPS) is 10.4. The Bertz CT molecular complexity index is 497. The lowest BCUT2D eigenvalue weighted by Crippen LogP contribution is -2.11. The average Bonchev–Trinajstić information content (AvgIpc) is 2.45. The van der Waals surface area contributed by atoms with E-state index >= 15 is 0 Å². The van der Waals surface area contributed by atoms with Crippen LogP contribution >= 0.6 is 0 Å². The van der Waals surface area contributed by atoms with Crippen molar-refractivity contribution < 1.29 is 9.84 Å². The Morgan fingerprint density at radius 3 is 2.47 bits per heavy atom. The molecule has 5 heteroatoms. The van der Waals surface area contributed by atoms with Crippen LogP contribution in [0.25, 0.3) is 11.4 Å². The van der Waals surface area contributed by atoms with Gasteiger partial charge in [0.15, 0.2) is 11.6 Å². The van der Waals surface area contributed by atoms with E-state index in [1.54, 1.807) is 36.7 Å². The number of aromatic hydroxyl groups is 1. The van der Waals surface area contributed by atoms with Crippen LogP contribution in [0.2, 0.25) is 0 Å². The van der Waals surface area contributed by atoms with Crippen LogP contribution in [-0.2, 0) is 0 Å². The molecule has 19 heavy (non-hydrogen) atoms. The second kappa shape index (κ2) is 6.70. The van der Waals surface area contributed by atoms with Crippen molar-refractivity contribution in [3.05, 3.63) is 36.7 Å². The van der Waals surface area contributed by atoms with Crippen molar-refractivity contribution in [1.82, 2.24) is 15.3 Å². The molecule has 0 radical (unpaired) electrons. The van der Waals surface area contributed by atoms with E-state index in [4.69, 9.17) is 4.74 Å². The quantitative estimate of drug-likeness (QED) is 0.775. The smallest absolute Gasteiger partial charge is 0.159 e. The number of nitrogens with one attached hydrogen (secondary N) is 1. The van der Waals surface area contributed by atoms with Gasteiger partial charge in [-0.15, -0.1) is 0 Å². The minimum Gasteiger partial charge on any atom is -0.508 e. The molecule has 0 spiro atoms. The Morgan fingerprint density at radius 1 is 1.16 bits per heavy atom. The zero-order chi connectivity index (χ0) is 13.5. The van der Waals surface area contributed by atoms with Crippen molar-refractivity contribution in [2.24, 2.45) is 0 Å². The molecule has 0 bridgehead atoms. The number of ether oxygens (including phenoxy) is 1. The fourth-order valence-corrected chi connectivity index (χ4v) is 1.59. The minimum atomic E-state index is 0.230. The number of phenolic OH excluding ortho intramolecular Hbond substituents is 1. The lowest BCUT2D eigenvalue weighted by atomic mass is 10.2. The van der Waals surface area contributed by atoms with Crippen LogP contribution < -0.4 is 10.1 Å². The molecule has 0 saturated heterocycles. The summed E-state index contributed by atoms with van der Waals surface area (Å²) in [5.74, 6) is 1.51. The van der Waals surface area contributed by atoms with Gasteiger partial charge in [-0.05, 0) is 44.3 Å². The molecule has 0 saturated carbocycles. The highest BCUT2D eigenvalue weighted by atomic mass is 16.5. The van der Waals surface area contributed by atoms with E-state index in [0.717, 1.165) is 18.5 Å². The van der Waals surface area contributed by atoms with Gasteiger partial charge in [-0.3, -0.25) is 0 Å². The van der Waals surface area contributed by atoms with Crippen LogP contribution in [0, 0.1) is 0 Å². The second-order valence-corrected chi connectivity index (χ2v) is 4.09. The molecule has 5 nitrogen and oxygen atoms in total. The third kappa shape index (κ3) is 3.93. The van der Waals surface area contributed by atoms with E-state index in [1.807, 2.05) is 7.05 Å². The molecule has 2 aromatic rings. The first-order chi connectivity index (χ1) is 9.29. The summed E-state index contributed by atoms with van der Waals surface area (Å²) in [7, 11) is 1.91. The van der Waals surface area contributed by atoms with Gasteiger partial charge in [-0.25, -0.2) is 9.97 Å². The standard InChI is InChI=1S/C14H17N3O2/c1-15-7-2-8-19-13-9-16-14(17-10-13)11-3-5-12(18)6-4-11/h3-6,9-10,15,18H,2,7-8H2,1H3. The molecular formula is C14H17N3O2. The van der Waals surface area contributed by atoms with Gasteiger partial charge in [-0.2, -0.15) is 0 Å². The van der Waals surface area contributed by atoms with Gasteiger partial charge in [0, 0.05) is 5.56 Å². The average molecular weight is 259 g/mol. The number of rotatable bonds is 6. The summed E-state index contributed by atoms with van der Waals surface area (Å²) in [4.78, 5) is 8.49. The molecule has 0 atom stereocenters. The molecule has 0 unspecified atom stereocenters. The van der Waals surface area contributed by atoms with Crippen LogP contribution in [-0.4, -0.2) is 35.3 Å². The summed E-state index contributed by atoms with van der Waals surface area (Å²) in [5.41, 5.74) is 0.861. The van der Waals surface area contributed by atoms with Gasteiger partial charge in [0.25, 0.3) is 0 Å². The van der Waals surface area contributed by atoms with Crippen molar-refractivity contribution in [2.75, 3.05) is 20.2 Å². The van der Waals surface area contributed by atoms with Crippen LogP contribution in [0.5, 0.6) is 11.5 Å². The molecule has 0 amide bonds. The Morgan fingerprint density at radius 2 is 1.84 bits per heavy atom. The van der Waals surface area contributed by atoms with E-state index in [2.05, 4.69) is 15.3 Å². The first-order valence-corrected chi connectivity index (χ1v) is 6.18. The maximum atomic E-state index is 9.22. The van der Waals surface area contributed by atoms with E-state index in [-0.39, 0.29) is 5.75 Å². The van der Waals surface area contributed by atoms with Gasteiger partial charge >= 0.3 is 0 Å². The molecule has 0 fully saturated rings. The monoisotopic (exact) mass is 259 g/mol. The van der Waals surface area contributed by atoms with Crippen molar-refractivity contribution in [1.29, 1.82) is 0 Å². The highest BCUT2D eigenvalue weighted by molar-refractivity contribution is 5.55. The van der Waals surface area contributed by atoms with E-state index in [1.165, 1.54) is 0 Å². The topological polar surface area (TPSA) is 67.3 Å². The molecule has 0 aliphatic rings. The third-order valence-electron chi connectivity index (χ3n) is 2.59. The van der Waals surface area contributed by atoms with Crippen LogP contribution in [0.1, 0.15) is 6.42 Å². The Labute approximate surface area is 112 Å². The highest BCUT2D eigenvalue weighted by Crippen LogP contribution is 2.19. The van der Waals surface area contributed by atoms with Crippen molar-refractivity contribution in [3.63, 3.8) is 0 Å². The fourth-order valence-electron chi connectivity index (χ4n) is 1.59. The summed E-state index contributed by atoms with van der Waals surface area (Å²) in [6.45, 7) is 1.56. The predicted octanol–water partition coefficient (Wildman–Crippen LogP) is 1.84. The number of nitrogens with zero attached hydrogens (tertiary/aromatic N) is 2. The molecule has 1 aromatic carbocycles. The zero-order valence-corrected chi connectivity index (χ0v) is 10.8. The van der Waals surface area contributed by atoms with Crippen molar-refractivity contribution >= 4 is 0 Å². The maximum absolute atomic E-state index is 9.22. The molecule has 1 aromatic heterocycles. The Kier molecular flexibility index (Phi) is 4.69. The molecular weight excluding hydrogens is 242 g/mol. The number of hydrogen-bond acceptors (Lipinski definition) is 5. The predicted molar refractivity (Wildman–Crippen MR) is 73.2 cm³/mol. The molecule has 100 valence electrons. The molecule has 2 N–H and O–H groups in total. The Hall–Kier alpha value is -2.14. The van der Waals surface area contributed by atoms with Crippen molar-refractivity contribution in [3.8, 4) is 22.9 Å². The van der Waals surface area contributed by atoms with E-state index < -0.39 is 0 Å². The first-order valence-electron chi connectivity index (χ1n) is 6.18. The molecule has 0 aliphatic carbocycles. The zero-order valence-electron chi connectivity index (χ0n) is 10.8. The maximum Gasteiger partial charge on any atom is 0.159 e. The highest BCUT2D eigenvalue weighted by Gasteiger charge is 2.02. The second-order valence-electron chi connectivity index (χ2n) is 4.09. The SMILES string of the molecule is CNCCCOc1cnc(-c2ccc(O)cc2)nc1. The van der Waals surface area contributed by atoms with Gasteiger partial charge in [0.1, 0.15) is 5.75 Å². The first kappa shape index (κ1) is 13.3. The van der Waals surface area contributed by atoms with Gasteiger partial charge in [0.2, 0.25) is 0 Å². The summed E-state index contributed by atoms with van der Waals surface area (Å²) >= 11 is 0. The fraction of sp³-hybridized carbons (Fsp3) is 0.286.